The maximum atomic E-state index is 11.5. The molecule has 0 aliphatic heterocycles. The number of hydrogen-bond donors (Lipinski definition) is 6. The number of benzene rings is 1. The van der Waals surface area contributed by atoms with Crippen LogP contribution >= 0.6 is 49.6 Å². The second-order valence-electron chi connectivity index (χ2n) is 7.92. The van der Waals surface area contributed by atoms with Crippen molar-refractivity contribution in [2.24, 2.45) is 0 Å². The summed E-state index contributed by atoms with van der Waals surface area (Å²) >= 11 is 0. The zero-order chi connectivity index (χ0) is 26.5. The summed E-state index contributed by atoms with van der Waals surface area (Å²) in [5.74, 6) is -6.28. The number of carboxylic acid groups (broad SMARTS) is 5. The molecule has 0 radical (unpaired) electrons. The Hall–Kier alpha value is -2.59. The Kier molecular flexibility index (Phi) is 24.8. The second-order valence-corrected chi connectivity index (χ2v) is 7.92. The van der Waals surface area contributed by atoms with E-state index in [-0.39, 0.29) is 75.7 Å². The minimum absolute atomic E-state index is 0. The molecule has 1 aromatic carbocycles. The molecule has 0 aliphatic carbocycles. The topological polar surface area (TPSA) is 222 Å². The molecule has 0 saturated carbocycles. The summed E-state index contributed by atoms with van der Waals surface area (Å²) in [7, 11) is 0. The smallest absolute Gasteiger partial charge is 0.317 e. The van der Waals surface area contributed by atoms with Crippen molar-refractivity contribution in [3.8, 4) is 0 Å². The highest BCUT2D eigenvalue weighted by atomic mass is 35.5. The van der Waals surface area contributed by atoms with Gasteiger partial charge in [-0.25, -0.2) is 0 Å². The van der Waals surface area contributed by atoms with Gasteiger partial charge in [0.15, 0.2) is 0 Å². The van der Waals surface area contributed by atoms with Crippen LogP contribution in [-0.2, 0) is 30.4 Å². The Labute approximate surface area is 249 Å². The van der Waals surface area contributed by atoms with Crippen molar-refractivity contribution in [2.75, 3.05) is 58.1 Å². The number of hydrogen-bond acceptors (Lipinski definition) is 9. The number of aliphatic carboxylic acids is 5. The van der Waals surface area contributed by atoms with E-state index in [4.69, 9.17) is 15.9 Å². The quantitative estimate of drug-likeness (QED) is 0.118. The van der Waals surface area contributed by atoms with E-state index in [1.54, 1.807) is 24.3 Å². The normalized spacial score (nSPS) is 10.8. The Morgan fingerprint density at radius 1 is 0.615 bits per heavy atom. The number of halogens is 4. The van der Waals surface area contributed by atoms with Crippen LogP contribution in [0.4, 0.5) is 5.69 Å². The number of nitrogens with zero attached hydrogens (tertiary/aromatic N) is 3. The van der Waals surface area contributed by atoms with Crippen molar-refractivity contribution in [3.05, 3.63) is 29.8 Å². The molecule has 1 atom stereocenters. The molecule has 0 heterocycles. The predicted octanol–water partition coefficient (Wildman–Crippen LogP) is 0.196. The standard InChI is InChI=1S/C21H30N4O10.4ClH/c22-15-3-1-14(2-4-15)7-16(25(12-20(32)33)13-21(34)35)8-23(9-17(26)27)5-6-24(10-18(28)29)11-19(30)31;;;;/h1-4,16H,5-13,22H2,(H,26,27)(H,28,29)(H,30,31)(H,32,33)(H,34,35);4*1H. The van der Waals surface area contributed by atoms with E-state index in [0.29, 0.717) is 11.3 Å². The van der Waals surface area contributed by atoms with Gasteiger partial charge in [-0.2, -0.15) is 0 Å². The molecule has 14 nitrogen and oxygen atoms in total. The van der Waals surface area contributed by atoms with Crippen molar-refractivity contribution in [1.29, 1.82) is 0 Å². The summed E-state index contributed by atoms with van der Waals surface area (Å²) in [4.78, 5) is 60.0. The molecule has 1 unspecified atom stereocenters. The van der Waals surface area contributed by atoms with Crippen LogP contribution in [0.1, 0.15) is 5.56 Å². The van der Waals surface area contributed by atoms with Crippen LogP contribution in [0.3, 0.4) is 0 Å². The van der Waals surface area contributed by atoms with E-state index in [1.807, 2.05) is 0 Å². The molecule has 0 spiro atoms. The first-order valence-electron chi connectivity index (χ1n) is 10.5. The number of carboxylic acids is 5. The van der Waals surface area contributed by atoms with Crippen molar-refractivity contribution in [3.63, 3.8) is 0 Å². The Bertz CT molecular complexity index is 879. The van der Waals surface area contributed by atoms with E-state index in [0.717, 1.165) is 4.90 Å². The van der Waals surface area contributed by atoms with Crippen LogP contribution in [0.5, 0.6) is 0 Å². The lowest BCUT2D eigenvalue weighted by molar-refractivity contribution is -0.144. The fourth-order valence-electron chi connectivity index (χ4n) is 3.50. The highest BCUT2D eigenvalue weighted by molar-refractivity contribution is 5.86. The SMILES string of the molecule is Cl.Cl.Cl.Cl.Nc1ccc(CC(CN(CCN(CC(=O)O)CC(=O)O)CC(=O)O)N(CC(=O)O)CC(=O)O)cc1. The summed E-state index contributed by atoms with van der Waals surface area (Å²) in [6, 6.07) is 5.86. The predicted molar refractivity (Wildman–Crippen MR) is 150 cm³/mol. The third kappa shape index (κ3) is 20.0. The van der Waals surface area contributed by atoms with Gasteiger partial charge < -0.3 is 31.3 Å². The first kappa shape index (κ1) is 43.5. The lowest BCUT2D eigenvalue weighted by Gasteiger charge is -2.34. The van der Waals surface area contributed by atoms with Crippen molar-refractivity contribution in [2.45, 2.75) is 12.5 Å². The number of carbonyl (C=O) groups is 5. The lowest BCUT2D eigenvalue weighted by Crippen LogP contribution is -2.51. The third-order valence-corrected chi connectivity index (χ3v) is 4.92. The number of nitrogens with two attached hydrogens (primary N) is 1. The Morgan fingerprint density at radius 3 is 1.36 bits per heavy atom. The van der Waals surface area contributed by atoms with Gasteiger partial charge in [-0.05, 0) is 24.1 Å². The number of anilines is 1. The average molecular weight is 644 g/mol. The molecule has 1 aromatic rings. The Morgan fingerprint density at radius 2 is 0.974 bits per heavy atom. The van der Waals surface area contributed by atoms with Gasteiger partial charge in [0.25, 0.3) is 0 Å². The van der Waals surface area contributed by atoms with Crippen LogP contribution in [0.25, 0.3) is 0 Å². The molecular formula is C21H34Cl4N4O10. The van der Waals surface area contributed by atoms with Gasteiger partial charge in [0.2, 0.25) is 0 Å². The van der Waals surface area contributed by atoms with Gasteiger partial charge in [0.1, 0.15) is 0 Å². The zero-order valence-corrected chi connectivity index (χ0v) is 23.8. The lowest BCUT2D eigenvalue weighted by atomic mass is 10.0. The van der Waals surface area contributed by atoms with Gasteiger partial charge in [-0.1, -0.05) is 12.1 Å². The molecule has 18 heteroatoms. The van der Waals surface area contributed by atoms with Gasteiger partial charge in [-0.15, -0.1) is 49.6 Å². The molecule has 0 aromatic heterocycles. The summed E-state index contributed by atoms with van der Waals surface area (Å²) in [5, 5.41) is 45.9. The van der Waals surface area contributed by atoms with Crippen molar-refractivity contribution >= 4 is 85.2 Å². The van der Waals surface area contributed by atoms with E-state index < -0.39 is 68.6 Å². The minimum atomic E-state index is -1.27. The third-order valence-electron chi connectivity index (χ3n) is 4.92. The molecular weight excluding hydrogens is 610 g/mol. The van der Waals surface area contributed by atoms with Crippen LogP contribution in [0.15, 0.2) is 24.3 Å². The van der Waals surface area contributed by atoms with Crippen LogP contribution in [0, 0.1) is 0 Å². The highest BCUT2D eigenvalue weighted by Gasteiger charge is 2.27. The van der Waals surface area contributed by atoms with Crippen molar-refractivity contribution < 1.29 is 49.5 Å². The van der Waals surface area contributed by atoms with E-state index >= 15 is 0 Å². The van der Waals surface area contributed by atoms with E-state index in [1.165, 1.54) is 9.80 Å². The van der Waals surface area contributed by atoms with Gasteiger partial charge >= 0.3 is 29.8 Å². The first-order valence-corrected chi connectivity index (χ1v) is 10.5. The van der Waals surface area contributed by atoms with Crippen molar-refractivity contribution in [1.82, 2.24) is 14.7 Å². The minimum Gasteiger partial charge on any atom is -0.480 e. The average Bonchev–Trinajstić information content (AvgIpc) is 2.70. The summed E-state index contributed by atoms with van der Waals surface area (Å²) in [5.41, 5.74) is 6.89. The maximum Gasteiger partial charge on any atom is 0.317 e. The van der Waals surface area contributed by atoms with Gasteiger partial charge in [0, 0.05) is 31.4 Å². The van der Waals surface area contributed by atoms with Crippen LogP contribution < -0.4 is 5.73 Å². The highest BCUT2D eigenvalue weighted by Crippen LogP contribution is 2.14. The number of rotatable bonds is 18. The van der Waals surface area contributed by atoms with Gasteiger partial charge in [-0.3, -0.25) is 38.7 Å². The molecule has 226 valence electrons. The first-order chi connectivity index (χ1) is 16.3. The molecule has 0 saturated heterocycles. The molecule has 1 rings (SSSR count). The van der Waals surface area contributed by atoms with E-state index in [9.17, 15) is 39.3 Å². The summed E-state index contributed by atoms with van der Waals surface area (Å²) < 4.78 is 0. The molecule has 7 N–H and O–H groups in total. The monoisotopic (exact) mass is 642 g/mol. The van der Waals surface area contributed by atoms with E-state index in [2.05, 4.69) is 0 Å². The maximum absolute atomic E-state index is 11.5. The summed E-state index contributed by atoms with van der Waals surface area (Å²) in [6.07, 6.45) is 0.172. The molecule has 0 amide bonds. The van der Waals surface area contributed by atoms with Gasteiger partial charge in [0.05, 0.1) is 32.7 Å². The molecule has 0 bridgehead atoms. The fraction of sp³-hybridized carbons (Fsp3) is 0.476. The molecule has 0 fully saturated rings. The zero-order valence-electron chi connectivity index (χ0n) is 20.6. The Balaban J connectivity index is -0.00000153. The molecule has 0 aliphatic rings. The second kappa shape index (κ2) is 22.2. The number of nitrogen functional groups attached to an aromatic ring is 1. The van der Waals surface area contributed by atoms with Crippen LogP contribution in [-0.4, -0.2) is 128 Å². The summed E-state index contributed by atoms with van der Waals surface area (Å²) in [6.45, 7) is -3.13. The largest absolute Gasteiger partial charge is 0.480 e. The molecule has 39 heavy (non-hydrogen) atoms. The fourth-order valence-corrected chi connectivity index (χ4v) is 3.50. The van der Waals surface area contributed by atoms with Crippen LogP contribution in [0.2, 0.25) is 0 Å².